The molecule has 0 aliphatic heterocycles. The first-order valence-electron chi connectivity index (χ1n) is 7.91. The summed E-state index contributed by atoms with van der Waals surface area (Å²) >= 11 is 0. The van der Waals surface area contributed by atoms with Crippen LogP contribution < -0.4 is 0 Å². The van der Waals surface area contributed by atoms with Crippen LogP contribution in [0.2, 0.25) is 0 Å². The van der Waals surface area contributed by atoms with Crippen molar-refractivity contribution in [1.29, 1.82) is 0 Å². The summed E-state index contributed by atoms with van der Waals surface area (Å²) < 4.78 is 6.03. The van der Waals surface area contributed by atoms with E-state index in [1.165, 1.54) is 21.7 Å². The molecule has 0 spiro atoms. The second-order valence-corrected chi connectivity index (χ2v) is 7.24. The first-order chi connectivity index (χ1) is 11.0. The Morgan fingerprint density at radius 3 is 2.58 bits per heavy atom. The summed E-state index contributed by atoms with van der Waals surface area (Å²) in [6, 6.07) is 16.1. The van der Waals surface area contributed by atoms with Crippen LogP contribution in [0.3, 0.4) is 0 Å². The average Bonchev–Trinajstić information content (AvgIpc) is 2.92. The van der Waals surface area contributed by atoms with E-state index < -0.39 is 0 Å². The van der Waals surface area contributed by atoms with Gasteiger partial charge >= 0.3 is 0 Å². The summed E-state index contributed by atoms with van der Waals surface area (Å²) in [5, 5.41) is 5.80. The van der Waals surface area contributed by atoms with Gasteiger partial charge in [0.2, 0.25) is 0 Å². The Labute approximate surface area is 153 Å². The zero-order chi connectivity index (χ0) is 15.8. The molecule has 3 heteroatoms. The van der Waals surface area contributed by atoms with Crippen molar-refractivity contribution in [2.24, 2.45) is 0 Å². The molecule has 0 aliphatic carbocycles. The monoisotopic (exact) mass is 491 g/mol. The van der Waals surface area contributed by atoms with Gasteiger partial charge in [0.05, 0.1) is 0 Å². The first-order valence-corrected chi connectivity index (χ1v) is 7.91. The van der Waals surface area contributed by atoms with Gasteiger partial charge in [-0.2, -0.15) is 0 Å². The van der Waals surface area contributed by atoms with Gasteiger partial charge in [-0.05, 0) is 22.9 Å². The van der Waals surface area contributed by atoms with Crippen molar-refractivity contribution >= 4 is 43.6 Å². The van der Waals surface area contributed by atoms with Crippen molar-refractivity contribution in [3.63, 3.8) is 0 Å². The minimum absolute atomic E-state index is 0. The summed E-state index contributed by atoms with van der Waals surface area (Å²) in [6.07, 6.45) is 1.82. The molecule has 2 nitrogen and oxygen atoms in total. The Hall–Kier alpha value is -1.96. The molecule has 121 valence electrons. The number of nitrogens with zero attached hydrogens (tertiary/aromatic N) is 1. The maximum absolute atomic E-state index is 6.03. The number of pyridine rings is 1. The molecular formula is C21H16IrNO-. The minimum Gasteiger partial charge on any atom is -0.457 e. The number of aromatic nitrogens is 1. The molecule has 0 atom stereocenters. The Morgan fingerprint density at radius 2 is 1.79 bits per heavy atom. The molecule has 24 heavy (non-hydrogen) atoms. The van der Waals surface area contributed by atoms with E-state index in [2.05, 4.69) is 56.1 Å². The summed E-state index contributed by atoms with van der Waals surface area (Å²) in [6.45, 7) is 6.69. The average molecular weight is 491 g/mol. The van der Waals surface area contributed by atoms with Crippen molar-refractivity contribution in [2.75, 3.05) is 0 Å². The zero-order valence-electron chi connectivity index (χ0n) is 13.7. The molecule has 0 fully saturated rings. The SMILES string of the molecule is CC(C)(C)c1c[c-]c2c(c1)c1cccc3oc4ccnc2c4c31.[Ir]. The van der Waals surface area contributed by atoms with Gasteiger partial charge in [-0.3, -0.25) is 0 Å². The fraction of sp³-hybridized carbons (Fsp3) is 0.190. The second-order valence-electron chi connectivity index (χ2n) is 7.24. The summed E-state index contributed by atoms with van der Waals surface area (Å²) in [4.78, 5) is 4.63. The number of benzene rings is 3. The standard InChI is InChI=1S/C21H16NO.Ir/c1-21(2,3)12-7-8-14-15(11-12)13-5-4-6-16-18(13)19-17(23-16)9-10-22-20(14)19;/h4-7,9-11H,1-3H3;/q-1;. The molecule has 0 unspecified atom stereocenters. The van der Waals surface area contributed by atoms with Crippen LogP contribution >= 0.6 is 0 Å². The van der Waals surface area contributed by atoms with Gasteiger partial charge in [0, 0.05) is 42.6 Å². The molecule has 0 aliphatic rings. The van der Waals surface area contributed by atoms with E-state index in [0.717, 1.165) is 27.5 Å². The molecule has 0 bridgehead atoms. The topological polar surface area (TPSA) is 26.0 Å². The molecule has 2 aromatic heterocycles. The maximum atomic E-state index is 6.03. The number of rotatable bonds is 0. The van der Waals surface area contributed by atoms with Crippen molar-refractivity contribution in [1.82, 2.24) is 4.98 Å². The summed E-state index contributed by atoms with van der Waals surface area (Å²) in [5.41, 5.74) is 4.19. The van der Waals surface area contributed by atoms with Crippen LogP contribution in [-0.4, -0.2) is 4.98 Å². The quantitative estimate of drug-likeness (QED) is 0.202. The Kier molecular flexibility index (Phi) is 3.25. The van der Waals surface area contributed by atoms with Crippen LogP contribution in [0.5, 0.6) is 0 Å². The normalized spacial score (nSPS) is 12.5. The number of hydrogen-bond acceptors (Lipinski definition) is 2. The fourth-order valence-corrected chi connectivity index (χ4v) is 3.52. The van der Waals surface area contributed by atoms with E-state index in [1.54, 1.807) is 0 Å². The van der Waals surface area contributed by atoms with Crippen LogP contribution in [0.4, 0.5) is 0 Å². The van der Waals surface area contributed by atoms with E-state index in [1.807, 2.05) is 18.3 Å². The third kappa shape index (κ3) is 1.95. The van der Waals surface area contributed by atoms with E-state index >= 15 is 0 Å². The van der Waals surface area contributed by atoms with Crippen molar-refractivity contribution in [2.45, 2.75) is 26.2 Å². The van der Waals surface area contributed by atoms with E-state index in [0.29, 0.717) is 0 Å². The van der Waals surface area contributed by atoms with Gasteiger partial charge in [-0.1, -0.05) is 38.3 Å². The van der Waals surface area contributed by atoms with Gasteiger partial charge in [0.1, 0.15) is 11.2 Å². The van der Waals surface area contributed by atoms with E-state index in [-0.39, 0.29) is 25.5 Å². The van der Waals surface area contributed by atoms with Gasteiger partial charge < -0.3 is 9.40 Å². The molecule has 5 aromatic rings. The van der Waals surface area contributed by atoms with Crippen LogP contribution in [0.15, 0.2) is 47.0 Å². The largest absolute Gasteiger partial charge is 0.457 e. The Bertz CT molecular complexity index is 1200. The van der Waals surface area contributed by atoms with Gasteiger partial charge in [-0.25, -0.2) is 0 Å². The molecule has 1 radical (unpaired) electrons. The summed E-state index contributed by atoms with van der Waals surface area (Å²) in [5.74, 6) is 0. The first kappa shape index (κ1) is 15.6. The second kappa shape index (κ2) is 5.02. The number of hydrogen-bond donors (Lipinski definition) is 0. The molecule has 5 rings (SSSR count). The van der Waals surface area contributed by atoms with E-state index in [4.69, 9.17) is 4.42 Å². The van der Waals surface area contributed by atoms with Crippen molar-refractivity contribution in [3.05, 3.63) is 54.2 Å². The Balaban J connectivity index is 0.00000146. The smallest absolute Gasteiger partial charge is 0.134 e. The van der Waals surface area contributed by atoms with Gasteiger partial charge in [0.15, 0.2) is 0 Å². The molecule has 3 aromatic carbocycles. The van der Waals surface area contributed by atoms with Crippen LogP contribution in [0.1, 0.15) is 26.3 Å². The zero-order valence-corrected chi connectivity index (χ0v) is 16.1. The van der Waals surface area contributed by atoms with Crippen LogP contribution in [0.25, 0.3) is 43.6 Å². The minimum atomic E-state index is 0. The Morgan fingerprint density at radius 1 is 1.00 bits per heavy atom. The van der Waals surface area contributed by atoms with Crippen LogP contribution in [-0.2, 0) is 25.5 Å². The maximum Gasteiger partial charge on any atom is 0.134 e. The third-order valence-corrected chi connectivity index (χ3v) is 4.74. The predicted octanol–water partition coefficient (Wildman–Crippen LogP) is 5.82. The molecular weight excluding hydrogens is 474 g/mol. The van der Waals surface area contributed by atoms with Gasteiger partial charge in [-0.15, -0.1) is 29.1 Å². The number of furan rings is 1. The molecule has 0 amide bonds. The molecule has 0 N–H and O–H groups in total. The molecule has 0 saturated carbocycles. The van der Waals surface area contributed by atoms with E-state index in [9.17, 15) is 0 Å². The van der Waals surface area contributed by atoms with Gasteiger partial charge in [0.25, 0.3) is 0 Å². The molecule has 2 heterocycles. The predicted molar refractivity (Wildman–Crippen MR) is 95.2 cm³/mol. The molecule has 0 saturated heterocycles. The third-order valence-electron chi connectivity index (χ3n) is 4.74. The number of fused-ring (bicyclic) bond motifs is 3. The van der Waals surface area contributed by atoms with Crippen molar-refractivity contribution < 1.29 is 24.5 Å². The van der Waals surface area contributed by atoms with Crippen molar-refractivity contribution in [3.8, 4) is 0 Å². The summed E-state index contributed by atoms with van der Waals surface area (Å²) in [7, 11) is 0. The fourth-order valence-electron chi connectivity index (χ4n) is 3.52. The van der Waals surface area contributed by atoms with Crippen LogP contribution in [0, 0.1) is 6.07 Å².